The van der Waals surface area contributed by atoms with Crippen LogP contribution in [-0.2, 0) is 4.79 Å². The zero-order valence-electron chi connectivity index (χ0n) is 13.7. The number of imidazole rings is 1. The molecule has 1 fully saturated rings. The molecule has 0 unspecified atom stereocenters. The van der Waals surface area contributed by atoms with Gasteiger partial charge >= 0.3 is 0 Å². The van der Waals surface area contributed by atoms with Crippen molar-refractivity contribution in [1.82, 2.24) is 19.8 Å². The summed E-state index contributed by atoms with van der Waals surface area (Å²) in [5.74, 6) is 1.18. The van der Waals surface area contributed by atoms with Crippen molar-refractivity contribution in [2.75, 3.05) is 13.6 Å². The maximum absolute atomic E-state index is 12.1. The number of hydrogen-bond acceptors (Lipinski definition) is 3. The Morgan fingerprint density at radius 1 is 1.27 bits per heavy atom. The van der Waals surface area contributed by atoms with Gasteiger partial charge in [-0.05, 0) is 39.3 Å². The van der Waals surface area contributed by atoms with E-state index < -0.39 is 0 Å². The summed E-state index contributed by atoms with van der Waals surface area (Å²) in [5, 5.41) is 3.46. The first kappa shape index (κ1) is 15.0. The highest BCUT2D eigenvalue weighted by atomic mass is 16.2. The van der Waals surface area contributed by atoms with Crippen molar-refractivity contribution in [3.8, 4) is 0 Å². The van der Waals surface area contributed by atoms with Gasteiger partial charge in [-0.3, -0.25) is 10.1 Å². The topological polar surface area (TPSA) is 50.2 Å². The third-order valence-electron chi connectivity index (χ3n) is 4.41. The molecule has 0 radical (unpaired) electrons. The summed E-state index contributed by atoms with van der Waals surface area (Å²) in [6.07, 6.45) is 0.863. The zero-order valence-corrected chi connectivity index (χ0v) is 13.7. The highest BCUT2D eigenvalue weighted by molar-refractivity contribution is 5.83. The molecule has 0 bridgehead atoms. The maximum atomic E-state index is 12.1. The lowest BCUT2D eigenvalue weighted by Gasteiger charge is -2.21. The molecular formula is C17H24N4O. The lowest BCUT2D eigenvalue weighted by molar-refractivity contribution is -0.128. The lowest BCUT2D eigenvalue weighted by atomic mass is 10.2. The van der Waals surface area contributed by atoms with Crippen molar-refractivity contribution >= 4 is 16.9 Å². The van der Waals surface area contributed by atoms with Crippen molar-refractivity contribution in [3.05, 3.63) is 30.1 Å². The number of para-hydroxylation sites is 2. The van der Waals surface area contributed by atoms with E-state index in [-0.39, 0.29) is 18.0 Å². The summed E-state index contributed by atoms with van der Waals surface area (Å²) in [4.78, 5) is 18.7. The van der Waals surface area contributed by atoms with Crippen LogP contribution in [0.25, 0.3) is 11.0 Å². The SMILES string of the molecule is CC(C)n1c([C@@H](C)N[C@H]2CCN(C)C2=O)nc2ccccc21. The summed E-state index contributed by atoms with van der Waals surface area (Å²) in [6.45, 7) is 7.24. The van der Waals surface area contributed by atoms with Crippen LogP contribution >= 0.6 is 0 Å². The van der Waals surface area contributed by atoms with E-state index in [1.807, 2.05) is 25.2 Å². The monoisotopic (exact) mass is 300 g/mol. The number of amides is 1. The number of benzene rings is 1. The Morgan fingerprint density at radius 3 is 2.64 bits per heavy atom. The number of likely N-dealkylation sites (N-methyl/N-ethyl adjacent to an activating group) is 1. The Bertz CT molecular complexity index is 691. The molecule has 1 aliphatic rings. The molecule has 5 heteroatoms. The van der Waals surface area contributed by atoms with Gasteiger partial charge in [0, 0.05) is 19.6 Å². The van der Waals surface area contributed by atoms with Crippen LogP contribution in [-0.4, -0.2) is 40.0 Å². The van der Waals surface area contributed by atoms with Crippen LogP contribution < -0.4 is 5.32 Å². The molecule has 118 valence electrons. The average Bonchev–Trinajstić information content (AvgIpc) is 3.02. The third kappa shape index (κ3) is 2.50. The first-order valence-electron chi connectivity index (χ1n) is 7.97. The van der Waals surface area contributed by atoms with Gasteiger partial charge in [0.2, 0.25) is 5.91 Å². The van der Waals surface area contributed by atoms with Gasteiger partial charge in [-0.2, -0.15) is 0 Å². The number of hydrogen-bond donors (Lipinski definition) is 1. The van der Waals surface area contributed by atoms with Gasteiger partial charge in [-0.1, -0.05) is 12.1 Å². The van der Waals surface area contributed by atoms with E-state index in [1.54, 1.807) is 4.90 Å². The molecule has 0 aliphatic carbocycles. The summed E-state index contributed by atoms with van der Waals surface area (Å²) < 4.78 is 2.26. The third-order valence-corrected chi connectivity index (χ3v) is 4.41. The average molecular weight is 300 g/mol. The number of rotatable bonds is 4. The first-order chi connectivity index (χ1) is 10.5. The zero-order chi connectivity index (χ0) is 15.9. The molecule has 22 heavy (non-hydrogen) atoms. The minimum absolute atomic E-state index is 0.0373. The Hall–Kier alpha value is -1.88. The number of aromatic nitrogens is 2. The van der Waals surface area contributed by atoms with Gasteiger partial charge in [-0.15, -0.1) is 0 Å². The Morgan fingerprint density at radius 2 is 2.00 bits per heavy atom. The number of fused-ring (bicyclic) bond motifs is 1. The Kier molecular flexibility index (Phi) is 3.91. The fraction of sp³-hybridized carbons (Fsp3) is 0.529. The van der Waals surface area contributed by atoms with E-state index in [1.165, 1.54) is 0 Å². The van der Waals surface area contributed by atoms with Crippen molar-refractivity contribution < 1.29 is 4.79 Å². The van der Waals surface area contributed by atoms with Gasteiger partial charge in [0.1, 0.15) is 5.82 Å². The smallest absolute Gasteiger partial charge is 0.239 e. The quantitative estimate of drug-likeness (QED) is 0.944. The number of carbonyl (C=O) groups excluding carboxylic acids is 1. The Balaban J connectivity index is 1.92. The lowest BCUT2D eigenvalue weighted by Crippen LogP contribution is -2.39. The number of nitrogens with zero attached hydrogens (tertiary/aromatic N) is 3. The van der Waals surface area contributed by atoms with Crippen LogP contribution in [0.1, 0.15) is 45.1 Å². The maximum Gasteiger partial charge on any atom is 0.239 e. The molecule has 1 aliphatic heterocycles. The largest absolute Gasteiger partial charge is 0.344 e. The molecule has 5 nitrogen and oxygen atoms in total. The van der Waals surface area contributed by atoms with Gasteiger partial charge in [-0.25, -0.2) is 4.98 Å². The molecule has 0 saturated carbocycles. The van der Waals surface area contributed by atoms with Crippen LogP contribution in [0.3, 0.4) is 0 Å². The fourth-order valence-corrected chi connectivity index (χ4v) is 3.26. The van der Waals surface area contributed by atoms with E-state index in [9.17, 15) is 4.79 Å². The van der Waals surface area contributed by atoms with Crippen LogP contribution in [0.4, 0.5) is 0 Å². The van der Waals surface area contributed by atoms with Gasteiger partial charge in [0.15, 0.2) is 0 Å². The van der Waals surface area contributed by atoms with E-state index in [4.69, 9.17) is 4.98 Å². The fourth-order valence-electron chi connectivity index (χ4n) is 3.26. The van der Waals surface area contributed by atoms with E-state index in [2.05, 4.69) is 36.7 Å². The van der Waals surface area contributed by atoms with Crippen LogP contribution in [0.15, 0.2) is 24.3 Å². The van der Waals surface area contributed by atoms with Crippen LogP contribution in [0.2, 0.25) is 0 Å². The molecule has 1 aromatic heterocycles. The van der Waals surface area contributed by atoms with Gasteiger partial charge in [0.25, 0.3) is 0 Å². The summed E-state index contributed by atoms with van der Waals surface area (Å²) >= 11 is 0. The normalized spacial score (nSPS) is 20.3. The molecule has 1 aromatic carbocycles. The molecule has 1 saturated heterocycles. The van der Waals surface area contributed by atoms with Crippen LogP contribution in [0.5, 0.6) is 0 Å². The Labute approximate surface area is 131 Å². The summed E-state index contributed by atoms with van der Waals surface area (Å²) in [6, 6.07) is 8.47. The first-order valence-corrected chi connectivity index (χ1v) is 7.97. The highest BCUT2D eigenvalue weighted by Crippen LogP contribution is 2.25. The predicted molar refractivity (Wildman–Crippen MR) is 87.7 cm³/mol. The van der Waals surface area contributed by atoms with Crippen molar-refractivity contribution in [2.45, 2.75) is 45.3 Å². The highest BCUT2D eigenvalue weighted by Gasteiger charge is 2.31. The van der Waals surface area contributed by atoms with E-state index in [0.29, 0.717) is 6.04 Å². The van der Waals surface area contributed by atoms with Crippen molar-refractivity contribution in [3.63, 3.8) is 0 Å². The van der Waals surface area contributed by atoms with Crippen molar-refractivity contribution in [1.29, 1.82) is 0 Å². The summed E-state index contributed by atoms with van der Waals surface area (Å²) in [5.41, 5.74) is 2.16. The number of nitrogens with one attached hydrogen (secondary N) is 1. The van der Waals surface area contributed by atoms with Gasteiger partial charge < -0.3 is 9.47 Å². The van der Waals surface area contributed by atoms with Crippen LogP contribution in [0, 0.1) is 0 Å². The predicted octanol–water partition coefficient (Wildman–Crippen LogP) is 2.50. The number of likely N-dealkylation sites (tertiary alicyclic amines) is 1. The summed E-state index contributed by atoms with van der Waals surface area (Å²) in [7, 11) is 1.86. The molecule has 1 amide bonds. The van der Waals surface area contributed by atoms with E-state index in [0.717, 1.165) is 29.8 Å². The molecule has 0 spiro atoms. The number of carbonyl (C=O) groups is 1. The molecular weight excluding hydrogens is 276 g/mol. The second kappa shape index (κ2) is 5.72. The second-order valence-corrected chi connectivity index (χ2v) is 6.41. The van der Waals surface area contributed by atoms with Gasteiger partial charge in [0.05, 0.1) is 23.1 Å². The molecule has 2 atom stereocenters. The minimum atomic E-state index is -0.0968. The molecule has 1 N–H and O–H groups in total. The minimum Gasteiger partial charge on any atom is -0.344 e. The second-order valence-electron chi connectivity index (χ2n) is 6.41. The molecule has 2 aromatic rings. The van der Waals surface area contributed by atoms with Crippen molar-refractivity contribution in [2.24, 2.45) is 0 Å². The molecule has 3 rings (SSSR count). The molecule has 2 heterocycles. The standard InChI is InChI=1S/C17H24N4O/c1-11(2)21-15-8-6-5-7-13(15)19-16(21)12(3)18-14-9-10-20(4)17(14)22/h5-8,11-12,14,18H,9-10H2,1-4H3/t12-,14+/m1/s1. The van der Waals surface area contributed by atoms with E-state index >= 15 is 0 Å².